The Balaban J connectivity index is 2.40. The number of hydrogen-bond acceptors (Lipinski definition) is 3. The van der Waals surface area contributed by atoms with Gasteiger partial charge in [0, 0.05) is 18.0 Å². The van der Waals surface area contributed by atoms with Gasteiger partial charge in [-0.1, -0.05) is 55.8 Å². The summed E-state index contributed by atoms with van der Waals surface area (Å²) in [5, 5.41) is 1.50. The molecule has 0 spiro atoms. The molecule has 1 aromatic heterocycles. The summed E-state index contributed by atoms with van der Waals surface area (Å²) in [5.74, 6) is 0. The number of aryl methyl sites for hydroxylation is 2. The molecular formula is C25H29NO3. The minimum atomic E-state index is -0.812. The fourth-order valence-electron chi connectivity index (χ4n) is 3.70. The van der Waals surface area contributed by atoms with E-state index in [0.29, 0.717) is 11.1 Å². The standard InChI is InChI=1S/C25H29NO3/c1-6-17(4)29-22(15-27)24-23(19-11-9-18(7-2)10-12-19)21-14-16(3)8-13-20(21)25(28)26(24)5/h8-15,17,22H,6-7H2,1-5H3/t17-,22?/m1/s1. The summed E-state index contributed by atoms with van der Waals surface area (Å²) in [6, 6.07) is 14.2. The van der Waals surface area contributed by atoms with Gasteiger partial charge in [-0.25, -0.2) is 0 Å². The van der Waals surface area contributed by atoms with Gasteiger partial charge >= 0.3 is 0 Å². The van der Waals surface area contributed by atoms with Gasteiger partial charge < -0.3 is 14.1 Å². The lowest BCUT2D eigenvalue weighted by Gasteiger charge is -2.24. The molecule has 0 N–H and O–H groups in total. The van der Waals surface area contributed by atoms with Gasteiger partial charge in [0.25, 0.3) is 5.56 Å². The summed E-state index contributed by atoms with van der Waals surface area (Å²) in [6.07, 6.45) is 1.63. The zero-order chi connectivity index (χ0) is 21.1. The number of aldehydes is 1. The molecule has 0 amide bonds. The molecule has 0 aliphatic carbocycles. The van der Waals surface area contributed by atoms with Crippen LogP contribution >= 0.6 is 0 Å². The second-order valence-electron chi connectivity index (χ2n) is 7.64. The van der Waals surface area contributed by atoms with Crippen LogP contribution in [0.1, 0.15) is 50.1 Å². The molecule has 1 unspecified atom stereocenters. The maximum atomic E-state index is 13.1. The molecule has 3 rings (SSSR count). The highest BCUT2D eigenvalue weighted by Crippen LogP contribution is 2.35. The normalized spacial score (nSPS) is 13.4. The summed E-state index contributed by atoms with van der Waals surface area (Å²) >= 11 is 0. The Labute approximate surface area is 172 Å². The minimum absolute atomic E-state index is 0.0937. The monoisotopic (exact) mass is 391 g/mol. The van der Waals surface area contributed by atoms with E-state index in [-0.39, 0.29) is 11.7 Å². The van der Waals surface area contributed by atoms with Crippen molar-refractivity contribution in [2.75, 3.05) is 0 Å². The van der Waals surface area contributed by atoms with Crippen LogP contribution in [0.2, 0.25) is 0 Å². The molecule has 4 heteroatoms. The van der Waals surface area contributed by atoms with E-state index in [1.165, 1.54) is 5.56 Å². The molecular weight excluding hydrogens is 362 g/mol. The lowest BCUT2D eigenvalue weighted by atomic mass is 9.93. The van der Waals surface area contributed by atoms with Crippen molar-refractivity contribution in [1.82, 2.24) is 4.57 Å². The van der Waals surface area contributed by atoms with Gasteiger partial charge in [0.15, 0.2) is 12.4 Å². The summed E-state index contributed by atoms with van der Waals surface area (Å²) in [7, 11) is 1.72. The number of fused-ring (bicyclic) bond motifs is 1. The minimum Gasteiger partial charge on any atom is -0.361 e. The Bertz CT molecular complexity index is 1080. The Morgan fingerprint density at radius 2 is 1.76 bits per heavy atom. The van der Waals surface area contributed by atoms with Gasteiger partial charge in [-0.2, -0.15) is 0 Å². The lowest BCUT2D eigenvalue weighted by molar-refractivity contribution is -0.122. The van der Waals surface area contributed by atoms with Crippen LogP contribution in [0.25, 0.3) is 21.9 Å². The van der Waals surface area contributed by atoms with Gasteiger partial charge in [-0.05, 0) is 49.3 Å². The third-order valence-corrected chi connectivity index (χ3v) is 5.59. The summed E-state index contributed by atoms with van der Waals surface area (Å²) in [6.45, 7) is 8.08. The molecule has 29 heavy (non-hydrogen) atoms. The molecule has 2 aromatic carbocycles. The Morgan fingerprint density at radius 3 is 2.34 bits per heavy atom. The lowest BCUT2D eigenvalue weighted by Crippen LogP contribution is -2.27. The van der Waals surface area contributed by atoms with Crippen LogP contribution in [0.5, 0.6) is 0 Å². The SMILES string of the molecule is CCc1ccc(-c2c(C(C=O)O[C@H](C)CC)n(C)c(=O)c3ccc(C)cc23)cc1. The van der Waals surface area contributed by atoms with Crippen LogP contribution in [0.4, 0.5) is 0 Å². The zero-order valence-electron chi connectivity index (χ0n) is 17.9. The Kier molecular flexibility index (Phi) is 6.33. The molecule has 152 valence electrons. The number of ether oxygens (including phenoxy) is 1. The van der Waals surface area contributed by atoms with Crippen molar-refractivity contribution < 1.29 is 9.53 Å². The second kappa shape index (κ2) is 8.75. The highest BCUT2D eigenvalue weighted by Gasteiger charge is 2.25. The number of nitrogens with zero attached hydrogens (tertiary/aromatic N) is 1. The molecule has 0 fully saturated rings. The van der Waals surface area contributed by atoms with Crippen molar-refractivity contribution in [1.29, 1.82) is 0 Å². The summed E-state index contributed by atoms with van der Waals surface area (Å²) in [4.78, 5) is 25.2. The van der Waals surface area contributed by atoms with Crippen LogP contribution in [0.3, 0.4) is 0 Å². The number of pyridine rings is 1. The first-order valence-electron chi connectivity index (χ1n) is 10.2. The van der Waals surface area contributed by atoms with Crippen molar-refractivity contribution in [3.8, 4) is 11.1 Å². The van der Waals surface area contributed by atoms with Crippen molar-refractivity contribution in [3.05, 3.63) is 69.6 Å². The van der Waals surface area contributed by atoms with E-state index in [1.54, 1.807) is 11.6 Å². The van der Waals surface area contributed by atoms with E-state index in [4.69, 9.17) is 4.74 Å². The van der Waals surface area contributed by atoms with Crippen molar-refractivity contribution in [2.24, 2.45) is 7.05 Å². The highest BCUT2D eigenvalue weighted by molar-refractivity contribution is 5.98. The highest BCUT2D eigenvalue weighted by atomic mass is 16.5. The zero-order valence-corrected chi connectivity index (χ0v) is 17.9. The van der Waals surface area contributed by atoms with Crippen LogP contribution in [-0.2, 0) is 23.0 Å². The first-order valence-corrected chi connectivity index (χ1v) is 10.2. The molecule has 0 saturated carbocycles. The second-order valence-corrected chi connectivity index (χ2v) is 7.64. The quantitative estimate of drug-likeness (QED) is 0.525. The predicted molar refractivity (Wildman–Crippen MR) is 118 cm³/mol. The molecule has 0 aliphatic rings. The van der Waals surface area contributed by atoms with E-state index in [0.717, 1.165) is 41.2 Å². The van der Waals surface area contributed by atoms with Crippen LogP contribution in [-0.4, -0.2) is 17.0 Å². The number of carbonyl (C=O) groups is 1. The largest absolute Gasteiger partial charge is 0.361 e. The predicted octanol–water partition coefficient (Wildman–Crippen LogP) is 5.13. The van der Waals surface area contributed by atoms with E-state index < -0.39 is 6.10 Å². The third-order valence-electron chi connectivity index (χ3n) is 5.59. The molecule has 0 saturated heterocycles. The average molecular weight is 392 g/mol. The van der Waals surface area contributed by atoms with E-state index in [2.05, 4.69) is 31.2 Å². The smallest absolute Gasteiger partial charge is 0.258 e. The number of rotatable bonds is 7. The van der Waals surface area contributed by atoms with Gasteiger partial charge in [0.2, 0.25) is 0 Å². The molecule has 1 heterocycles. The van der Waals surface area contributed by atoms with Crippen LogP contribution in [0, 0.1) is 6.92 Å². The topological polar surface area (TPSA) is 48.3 Å². The molecule has 0 bridgehead atoms. The number of benzene rings is 2. The molecule has 0 aliphatic heterocycles. The number of hydrogen-bond donors (Lipinski definition) is 0. The fraction of sp³-hybridized carbons (Fsp3) is 0.360. The summed E-state index contributed by atoms with van der Waals surface area (Å²) in [5.41, 5.74) is 4.64. The van der Waals surface area contributed by atoms with Gasteiger partial charge in [0.05, 0.1) is 11.8 Å². The van der Waals surface area contributed by atoms with Crippen molar-refractivity contribution in [3.63, 3.8) is 0 Å². The third kappa shape index (κ3) is 4.03. The summed E-state index contributed by atoms with van der Waals surface area (Å²) < 4.78 is 7.60. The van der Waals surface area contributed by atoms with Gasteiger partial charge in [-0.15, -0.1) is 0 Å². The molecule has 3 aromatic rings. The Morgan fingerprint density at radius 1 is 1.07 bits per heavy atom. The molecule has 0 radical (unpaired) electrons. The Hall–Kier alpha value is -2.72. The van der Waals surface area contributed by atoms with E-state index in [9.17, 15) is 9.59 Å². The first kappa shape index (κ1) is 21.0. The van der Waals surface area contributed by atoms with Crippen molar-refractivity contribution >= 4 is 17.1 Å². The number of aromatic nitrogens is 1. The maximum absolute atomic E-state index is 13.1. The van der Waals surface area contributed by atoms with Gasteiger partial charge in [-0.3, -0.25) is 4.79 Å². The fourth-order valence-corrected chi connectivity index (χ4v) is 3.70. The maximum Gasteiger partial charge on any atom is 0.258 e. The van der Waals surface area contributed by atoms with Crippen molar-refractivity contribution in [2.45, 2.75) is 52.7 Å². The van der Waals surface area contributed by atoms with Crippen LogP contribution in [0.15, 0.2) is 47.3 Å². The average Bonchev–Trinajstić information content (AvgIpc) is 2.74. The van der Waals surface area contributed by atoms with E-state index in [1.807, 2.05) is 39.0 Å². The van der Waals surface area contributed by atoms with Crippen LogP contribution < -0.4 is 5.56 Å². The number of carbonyl (C=O) groups excluding carboxylic acids is 1. The van der Waals surface area contributed by atoms with E-state index >= 15 is 0 Å². The molecule has 2 atom stereocenters. The first-order chi connectivity index (χ1) is 13.9. The molecule has 4 nitrogen and oxygen atoms in total. The van der Waals surface area contributed by atoms with Gasteiger partial charge in [0.1, 0.15) is 0 Å².